The molecule has 1 aliphatic rings. The summed E-state index contributed by atoms with van der Waals surface area (Å²) in [6.45, 7) is 2.08. The molecule has 1 aromatic rings. The van der Waals surface area contributed by atoms with E-state index < -0.39 is 5.97 Å². The molecule has 1 N–H and O–H groups in total. The summed E-state index contributed by atoms with van der Waals surface area (Å²) in [7, 11) is 0. The Balaban J connectivity index is 2.11. The van der Waals surface area contributed by atoms with Crippen LogP contribution in [0.4, 0.5) is 0 Å². The molecule has 0 saturated heterocycles. The van der Waals surface area contributed by atoms with E-state index in [2.05, 4.69) is 18.8 Å². The fraction of sp³-hybridized carbons (Fsp3) is 0.375. The molecule has 0 aliphatic heterocycles. The number of benzene rings is 1. The van der Waals surface area contributed by atoms with E-state index in [1.54, 1.807) is 24.3 Å². The molecule has 3 heteroatoms. The Bertz CT molecular complexity index is 548. The van der Waals surface area contributed by atoms with Crippen LogP contribution in [0.25, 0.3) is 0 Å². The molecule has 1 aliphatic carbocycles. The fourth-order valence-corrected chi connectivity index (χ4v) is 2.12. The van der Waals surface area contributed by atoms with Gasteiger partial charge in [-0.15, -0.1) is 0 Å². The average molecular weight is 256 g/mol. The molecule has 0 heterocycles. The lowest BCUT2D eigenvalue weighted by molar-refractivity contribution is -0.121. The minimum absolute atomic E-state index is 0.0978. The summed E-state index contributed by atoms with van der Waals surface area (Å²) < 4.78 is 0. The predicted molar refractivity (Wildman–Crippen MR) is 71.9 cm³/mol. The largest absolute Gasteiger partial charge is 0.478 e. The van der Waals surface area contributed by atoms with Crippen LogP contribution in [0.15, 0.2) is 24.3 Å². The maximum Gasteiger partial charge on any atom is 0.335 e. The maximum atomic E-state index is 11.2. The molecule has 0 unspecified atom stereocenters. The van der Waals surface area contributed by atoms with E-state index in [1.165, 1.54) is 0 Å². The Kier molecular flexibility index (Phi) is 3.71. The van der Waals surface area contributed by atoms with Crippen LogP contribution in [0.5, 0.6) is 0 Å². The van der Waals surface area contributed by atoms with E-state index in [0.717, 1.165) is 18.4 Å². The van der Waals surface area contributed by atoms with Crippen molar-refractivity contribution < 1.29 is 14.7 Å². The quantitative estimate of drug-likeness (QED) is 0.786. The smallest absolute Gasteiger partial charge is 0.335 e. The minimum Gasteiger partial charge on any atom is -0.478 e. The van der Waals surface area contributed by atoms with Crippen molar-refractivity contribution in [3.63, 3.8) is 0 Å². The van der Waals surface area contributed by atoms with Crippen LogP contribution < -0.4 is 0 Å². The number of carboxylic acids is 1. The Hall–Kier alpha value is -2.08. The molecule has 0 bridgehead atoms. The third-order valence-electron chi connectivity index (χ3n) is 3.55. The average Bonchev–Trinajstić information content (AvgIpc) is 2.41. The van der Waals surface area contributed by atoms with Crippen molar-refractivity contribution in [3.8, 4) is 11.8 Å². The lowest BCUT2D eigenvalue weighted by Gasteiger charge is -2.27. The van der Waals surface area contributed by atoms with Gasteiger partial charge in [0.15, 0.2) is 0 Å². The van der Waals surface area contributed by atoms with Crippen LogP contribution in [0.1, 0.15) is 48.5 Å². The SMILES string of the molecule is CC1(C#Cc2ccc(C(=O)O)cc2)CCC(=O)CC1. The molecule has 1 saturated carbocycles. The Morgan fingerprint density at radius 2 is 1.79 bits per heavy atom. The zero-order valence-corrected chi connectivity index (χ0v) is 10.9. The lowest BCUT2D eigenvalue weighted by Crippen LogP contribution is -2.22. The van der Waals surface area contributed by atoms with Crippen LogP contribution in [0.3, 0.4) is 0 Å². The topological polar surface area (TPSA) is 54.4 Å². The normalized spacial score (nSPS) is 17.4. The van der Waals surface area contributed by atoms with Crippen LogP contribution >= 0.6 is 0 Å². The molecule has 2 rings (SSSR count). The van der Waals surface area contributed by atoms with Crippen molar-refractivity contribution in [2.45, 2.75) is 32.6 Å². The zero-order valence-electron chi connectivity index (χ0n) is 10.9. The highest BCUT2D eigenvalue weighted by Crippen LogP contribution is 2.33. The molecule has 0 aromatic heterocycles. The van der Waals surface area contributed by atoms with Gasteiger partial charge in [-0.25, -0.2) is 4.79 Å². The summed E-state index contributed by atoms with van der Waals surface area (Å²) >= 11 is 0. The monoisotopic (exact) mass is 256 g/mol. The van der Waals surface area contributed by atoms with Gasteiger partial charge in [-0.2, -0.15) is 0 Å². The molecule has 0 radical (unpaired) electrons. The van der Waals surface area contributed by atoms with Gasteiger partial charge in [0, 0.05) is 23.8 Å². The van der Waals surface area contributed by atoms with E-state index in [0.29, 0.717) is 18.6 Å². The van der Waals surface area contributed by atoms with E-state index in [4.69, 9.17) is 5.11 Å². The van der Waals surface area contributed by atoms with Crippen molar-refractivity contribution in [1.82, 2.24) is 0 Å². The highest BCUT2D eigenvalue weighted by Gasteiger charge is 2.28. The minimum atomic E-state index is -0.933. The van der Waals surface area contributed by atoms with Crippen molar-refractivity contribution in [1.29, 1.82) is 0 Å². The van der Waals surface area contributed by atoms with E-state index in [1.807, 2.05) is 0 Å². The number of hydrogen-bond acceptors (Lipinski definition) is 2. The Morgan fingerprint density at radius 3 is 2.32 bits per heavy atom. The third kappa shape index (κ3) is 3.45. The molecule has 1 aromatic carbocycles. The molecular weight excluding hydrogens is 240 g/mol. The van der Waals surface area contributed by atoms with Crippen LogP contribution in [-0.2, 0) is 4.79 Å². The number of hydrogen-bond donors (Lipinski definition) is 1. The van der Waals surface area contributed by atoms with Crippen LogP contribution in [-0.4, -0.2) is 16.9 Å². The number of aromatic carboxylic acids is 1. The molecule has 1 fully saturated rings. The summed E-state index contributed by atoms with van der Waals surface area (Å²) in [6, 6.07) is 6.54. The van der Waals surface area contributed by atoms with Gasteiger partial charge in [0.1, 0.15) is 5.78 Å². The summed E-state index contributed by atoms with van der Waals surface area (Å²) in [4.78, 5) is 22.0. The number of carboxylic acid groups (broad SMARTS) is 1. The van der Waals surface area contributed by atoms with Gasteiger partial charge in [-0.1, -0.05) is 11.8 Å². The number of rotatable bonds is 1. The van der Waals surface area contributed by atoms with Gasteiger partial charge in [0.2, 0.25) is 0 Å². The molecule has 98 valence electrons. The van der Waals surface area contributed by atoms with E-state index >= 15 is 0 Å². The van der Waals surface area contributed by atoms with Gasteiger partial charge >= 0.3 is 5.97 Å². The highest BCUT2D eigenvalue weighted by atomic mass is 16.4. The van der Waals surface area contributed by atoms with Crippen molar-refractivity contribution >= 4 is 11.8 Å². The first kappa shape index (κ1) is 13.4. The second-order valence-electron chi connectivity index (χ2n) is 5.23. The predicted octanol–water partition coefficient (Wildman–Crippen LogP) is 2.89. The molecule has 3 nitrogen and oxygen atoms in total. The maximum absolute atomic E-state index is 11.2. The van der Waals surface area contributed by atoms with Gasteiger partial charge < -0.3 is 5.11 Å². The van der Waals surface area contributed by atoms with Gasteiger partial charge in [0.05, 0.1) is 5.56 Å². The summed E-state index contributed by atoms with van der Waals surface area (Å²) in [6.07, 6.45) is 2.85. The third-order valence-corrected chi connectivity index (χ3v) is 3.55. The van der Waals surface area contributed by atoms with E-state index in [9.17, 15) is 9.59 Å². The second-order valence-corrected chi connectivity index (χ2v) is 5.23. The first-order valence-electron chi connectivity index (χ1n) is 6.37. The first-order chi connectivity index (χ1) is 8.98. The molecule has 0 amide bonds. The molecular formula is C16H16O3. The van der Waals surface area contributed by atoms with Crippen LogP contribution in [0.2, 0.25) is 0 Å². The molecule has 0 atom stereocenters. The van der Waals surface area contributed by atoms with Crippen molar-refractivity contribution in [3.05, 3.63) is 35.4 Å². The summed E-state index contributed by atoms with van der Waals surface area (Å²) in [5.74, 6) is 5.71. The van der Waals surface area contributed by atoms with Gasteiger partial charge in [-0.3, -0.25) is 4.79 Å². The number of ketones is 1. The molecule has 19 heavy (non-hydrogen) atoms. The number of carbonyl (C=O) groups is 2. The Morgan fingerprint density at radius 1 is 1.21 bits per heavy atom. The Labute approximate surface area is 112 Å². The first-order valence-corrected chi connectivity index (χ1v) is 6.37. The highest BCUT2D eigenvalue weighted by molar-refractivity contribution is 5.87. The zero-order chi connectivity index (χ0) is 13.9. The van der Waals surface area contributed by atoms with Crippen LogP contribution in [0, 0.1) is 17.3 Å². The van der Waals surface area contributed by atoms with Crippen molar-refractivity contribution in [2.24, 2.45) is 5.41 Å². The molecule has 0 spiro atoms. The standard InChI is InChI=1S/C16H16O3/c1-16(10-7-14(17)8-11-16)9-6-12-2-4-13(5-3-12)15(18)19/h2-5H,7-8,10-11H2,1H3,(H,18,19). The van der Waals surface area contributed by atoms with Gasteiger partial charge in [0.25, 0.3) is 0 Å². The number of Topliss-reactive ketones (excluding diaryl/α,β-unsaturated/α-hetero) is 1. The summed E-state index contributed by atoms with van der Waals surface area (Å²) in [5, 5.41) is 8.81. The van der Waals surface area contributed by atoms with Crippen molar-refractivity contribution in [2.75, 3.05) is 0 Å². The van der Waals surface area contributed by atoms with E-state index in [-0.39, 0.29) is 11.0 Å². The van der Waals surface area contributed by atoms with Gasteiger partial charge in [-0.05, 0) is 44.0 Å². The second kappa shape index (κ2) is 5.27. The number of carbonyl (C=O) groups excluding carboxylic acids is 1. The lowest BCUT2D eigenvalue weighted by atomic mass is 9.76. The fourth-order valence-electron chi connectivity index (χ4n) is 2.12. The summed E-state index contributed by atoms with van der Waals surface area (Å²) in [5.41, 5.74) is 0.975.